The van der Waals surface area contributed by atoms with Crippen LogP contribution in [0.25, 0.3) is 22.3 Å². The SMILES string of the molecule is COc1ccc2c(c1)CN1Cc3c(ccc(OC)c3-2)-c2cc(N)ccc2S1(=O)=O. The van der Waals surface area contributed by atoms with Gasteiger partial charge in [0.25, 0.3) is 0 Å². The highest BCUT2D eigenvalue weighted by Crippen LogP contribution is 2.48. The Morgan fingerprint density at radius 2 is 1.69 bits per heavy atom. The predicted molar refractivity (Wildman–Crippen MR) is 111 cm³/mol. The van der Waals surface area contributed by atoms with Crippen molar-refractivity contribution in [3.05, 3.63) is 59.7 Å². The standard InChI is InChI=1S/C22H20N2O4S/c1-27-15-4-5-16-13(9-15)11-24-12-19-17(6-7-20(28-2)22(16)19)18-10-14(23)3-8-21(18)29(24,25)26/h3-10H,11-12,23H2,1-2H3. The molecule has 7 heteroatoms. The van der Waals surface area contributed by atoms with Crippen LogP contribution in [0.3, 0.4) is 0 Å². The topological polar surface area (TPSA) is 81.9 Å². The predicted octanol–water partition coefficient (Wildman–Crippen LogP) is 3.64. The third-order valence-corrected chi connectivity index (χ3v) is 7.52. The summed E-state index contributed by atoms with van der Waals surface area (Å²) in [6.07, 6.45) is 0. The lowest BCUT2D eigenvalue weighted by molar-refractivity contribution is 0.399. The zero-order chi connectivity index (χ0) is 20.3. The lowest BCUT2D eigenvalue weighted by Crippen LogP contribution is -2.28. The molecule has 29 heavy (non-hydrogen) atoms. The Kier molecular flexibility index (Phi) is 3.88. The number of fused-ring (bicyclic) bond motifs is 5. The minimum absolute atomic E-state index is 0.246. The highest BCUT2D eigenvalue weighted by molar-refractivity contribution is 7.89. The minimum Gasteiger partial charge on any atom is -0.497 e. The van der Waals surface area contributed by atoms with Crippen LogP contribution >= 0.6 is 0 Å². The van der Waals surface area contributed by atoms with Gasteiger partial charge in [-0.1, -0.05) is 12.1 Å². The van der Waals surface area contributed by atoms with Crippen molar-refractivity contribution in [3.63, 3.8) is 0 Å². The van der Waals surface area contributed by atoms with E-state index in [2.05, 4.69) is 0 Å². The molecule has 6 nitrogen and oxygen atoms in total. The van der Waals surface area contributed by atoms with Gasteiger partial charge in [-0.25, -0.2) is 8.42 Å². The van der Waals surface area contributed by atoms with Gasteiger partial charge in [0.15, 0.2) is 0 Å². The summed E-state index contributed by atoms with van der Waals surface area (Å²) in [5, 5.41) is 0. The molecule has 1 atom stereocenters. The molecular formula is C22H20N2O4S. The van der Waals surface area contributed by atoms with Crippen molar-refractivity contribution >= 4 is 15.7 Å². The summed E-state index contributed by atoms with van der Waals surface area (Å²) in [5.74, 6) is 1.40. The molecule has 0 aliphatic carbocycles. The average Bonchev–Trinajstić information content (AvgIpc) is 2.94. The Labute approximate surface area is 169 Å². The first-order chi connectivity index (χ1) is 13.9. The fourth-order valence-electron chi connectivity index (χ4n) is 4.29. The van der Waals surface area contributed by atoms with Crippen LogP contribution in [-0.2, 0) is 23.1 Å². The molecule has 0 radical (unpaired) electrons. The number of hydrogen-bond donors (Lipinski definition) is 1. The van der Waals surface area contributed by atoms with E-state index in [1.807, 2.05) is 30.3 Å². The average molecular weight is 408 g/mol. The molecule has 3 aromatic rings. The molecule has 0 aromatic heterocycles. The summed E-state index contributed by atoms with van der Waals surface area (Å²) in [4.78, 5) is 0.271. The second-order valence-electron chi connectivity index (χ2n) is 7.22. The van der Waals surface area contributed by atoms with Crippen molar-refractivity contribution in [2.24, 2.45) is 0 Å². The molecule has 2 heterocycles. The van der Waals surface area contributed by atoms with Crippen LogP contribution in [0.1, 0.15) is 11.1 Å². The van der Waals surface area contributed by atoms with E-state index in [1.54, 1.807) is 32.4 Å². The normalized spacial score (nSPS) is 18.1. The maximum absolute atomic E-state index is 13.6. The summed E-state index contributed by atoms with van der Waals surface area (Å²) in [5.41, 5.74) is 11.7. The molecule has 148 valence electrons. The maximum Gasteiger partial charge on any atom is 0.244 e. The first-order valence-electron chi connectivity index (χ1n) is 9.21. The number of nitrogen functional groups attached to an aromatic ring is 1. The number of nitrogens with zero attached hydrogens (tertiary/aromatic N) is 1. The number of ether oxygens (including phenoxy) is 2. The molecule has 1 unspecified atom stereocenters. The fourth-order valence-corrected chi connectivity index (χ4v) is 5.87. The van der Waals surface area contributed by atoms with Gasteiger partial charge in [-0.15, -0.1) is 0 Å². The molecule has 0 saturated carbocycles. The van der Waals surface area contributed by atoms with Gasteiger partial charge in [0.2, 0.25) is 10.0 Å². The Bertz CT molecular complexity index is 1270. The second kappa shape index (κ2) is 6.23. The number of sulfonamides is 1. The van der Waals surface area contributed by atoms with Crippen LogP contribution in [0.2, 0.25) is 0 Å². The third kappa shape index (κ3) is 2.54. The van der Waals surface area contributed by atoms with Crippen molar-refractivity contribution in [3.8, 4) is 33.8 Å². The van der Waals surface area contributed by atoms with Crippen LogP contribution in [0, 0.1) is 0 Å². The van der Waals surface area contributed by atoms with Crippen LogP contribution < -0.4 is 15.2 Å². The molecule has 3 aromatic carbocycles. The van der Waals surface area contributed by atoms with Gasteiger partial charge in [-0.3, -0.25) is 0 Å². The quantitative estimate of drug-likeness (QED) is 0.655. The molecular weight excluding hydrogens is 388 g/mol. The lowest BCUT2D eigenvalue weighted by Gasteiger charge is -2.20. The molecule has 2 aliphatic rings. The van der Waals surface area contributed by atoms with E-state index in [0.717, 1.165) is 27.8 Å². The van der Waals surface area contributed by atoms with E-state index in [4.69, 9.17) is 15.2 Å². The highest BCUT2D eigenvalue weighted by atomic mass is 32.2. The molecule has 2 bridgehead atoms. The van der Waals surface area contributed by atoms with Gasteiger partial charge in [-0.05, 0) is 58.7 Å². The minimum atomic E-state index is -3.72. The maximum atomic E-state index is 13.6. The molecule has 0 fully saturated rings. The van der Waals surface area contributed by atoms with Crippen molar-refractivity contribution < 1.29 is 17.9 Å². The van der Waals surface area contributed by atoms with Gasteiger partial charge in [0.05, 0.1) is 19.1 Å². The Morgan fingerprint density at radius 3 is 2.45 bits per heavy atom. The van der Waals surface area contributed by atoms with Crippen LogP contribution in [0.4, 0.5) is 5.69 Å². The fraction of sp³-hybridized carbons (Fsp3) is 0.182. The zero-order valence-corrected chi connectivity index (χ0v) is 16.9. The van der Waals surface area contributed by atoms with Gasteiger partial charge < -0.3 is 15.2 Å². The lowest BCUT2D eigenvalue weighted by atomic mass is 9.89. The molecule has 0 spiro atoms. The Morgan fingerprint density at radius 1 is 0.897 bits per heavy atom. The smallest absolute Gasteiger partial charge is 0.244 e. The highest BCUT2D eigenvalue weighted by Gasteiger charge is 2.37. The van der Waals surface area contributed by atoms with E-state index < -0.39 is 10.0 Å². The number of anilines is 1. The molecule has 2 aliphatic heterocycles. The molecule has 5 rings (SSSR count). The second-order valence-corrected chi connectivity index (χ2v) is 9.13. The van der Waals surface area contributed by atoms with Gasteiger partial charge in [0.1, 0.15) is 11.5 Å². The Hall–Kier alpha value is -3.03. The largest absolute Gasteiger partial charge is 0.497 e. The van der Waals surface area contributed by atoms with Crippen LogP contribution in [0.15, 0.2) is 53.4 Å². The number of methoxy groups -OCH3 is 2. The molecule has 0 saturated heterocycles. The molecule has 0 amide bonds. The van der Waals surface area contributed by atoms with Crippen molar-refractivity contribution in [1.82, 2.24) is 4.31 Å². The van der Waals surface area contributed by atoms with E-state index in [9.17, 15) is 8.42 Å². The van der Waals surface area contributed by atoms with Gasteiger partial charge in [0, 0.05) is 29.9 Å². The number of nitrogens with two attached hydrogens (primary N) is 1. The van der Waals surface area contributed by atoms with Gasteiger partial charge >= 0.3 is 0 Å². The summed E-state index contributed by atoms with van der Waals surface area (Å²) in [7, 11) is -0.489. The van der Waals surface area contributed by atoms with Gasteiger partial charge in [-0.2, -0.15) is 4.31 Å². The Balaban J connectivity index is 1.94. The monoisotopic (exact) mass is 408 g/mol. The summed E-state index contributed by atoms with van der Waals surface area (Å²) < 4.78 is 39.7. The third-order valence-electron chi connectivity index (χ3n) is 5.67. The number of hydrogen-bond acceptors (Lipinski definition) is 5. The van der Waals surface area contributed by atoms with E-state index in [1.165, 1.54) is 4.31 Å². The number of rotatable bonds is 2. The van der Waals surface area contributed by atoms with E-state index in [0.29, 0.717) is 22.7 Å². The van der Waals surface area contributed by atoms with Crippen molar-refractivity contribution in [2.75, 3.05) is 20.0 Å². The first kappa shape index (κ1) is 18.0. The summed E-state index contributed by atoms with van der Waals surface area (Å²) in [6, 6.07) is 14.5. The summed E-state index contributed by atoms with van der Waals surface area (Å²) >= 11 is 0. The summed E-state index contributed by atoms with van der Waals surface area (Å²) in [6.45, 7) is 0.506. The first-order valence-corrected chi connectivity index (χ1v) is 10.6. The molecule has 2 N–H and O–H groups in total. The van der Waals surface area contributed by atoms with Crippen molar-refractivity contribution in [1.29, 1.82) is 0 Å². The number of benzene rings is 3. The van der Waals surface area contributed by atoms with Crippen molar-refractivity contribution in [2.45, 2.75) is 18.0 Å². The van der Waals surface area contributed by atoms with Crippen LogP contribution in [-0.4, -0.2) is 26.9 Å². The zero-order valence-electron chi connectivity index (χ0n) is 16.1. The van der Waals surface area contributed by atoms with E-state index in [-0.39, 0.29) is 18.0 Å². The van der Waals surface area contributed by atoms with E-state index >= 15 is 0 Å². The van der Waals surface area contributed by atoms with Crippen LogP contribution in [0.5, 0.6) is 11.5 Å².